The first kappa shape index (κ1) is 21.4. The van der Waals surface area contributed by atoms with Crippen LogP contribution in [0, 0.1) is 11.8 Å². The molecule has 7 nitrogen and oxygen atoms in total. The molecule has 0 saturated carbocycles. The Labute approximate surface area is 160 Å². The fourth-order valence-corrected chi connectivity index (χ4v) is 4.35. The highest BCUT2D eigenvalue weighted by atomic mass is 32.2. The largest absolute Gasteiger partial charge is 0.481 e. The van der Waals surface area contributed by atoms with Crippen molar-refractivity contribution in [2.75, 3.05) is 19.6 Å². The van der Waals surface area contributed by atoms with Crippen LogP contribution in [0.15, 0.2) is 29.2 Å². The molecule has 1 atom stereocenters. The van der Waals surface area contributed by atoms with Crippen LogP contribution in [0.1, 0.15) is 49.9 Å². The lowest BCUT2D eigenvalue weighted by atomic mass is 9.93. The van der Waals surface area contributed by atoms with Gasteiger partial charge in [-0.25, -0.2) is 13.1 Å². The molecule has 0 spiro atoms. The predicted molar refractivity (Wildman–Crippen MR) is 102 cm³/mol. The quantitative estimate of drug-likeness (QED) is 0.702. The third-order valence-corrected chi connectivity index (χ3v) is 6.11. The smallest absolute Gasteiger partial charge is 0.303 e. The van der Waals surface area contributed by atoms with Crippen LogP contribution in [0.2, 0.25) is 0 Å². The molecule has 0 bridgehead atoms. The molecule has 1 heterocycles. The molecule has 1 aromatic rings. The van der Waals surface area contributed by atoms with Crippen LogP contribution in [0.4, 0.5) is 0 Å². The number of carboxylic acids is 1. The third-order valence-electron chi connectivity index (χ3n) is 4.67. The molecule has 0 radical (unpaired) electrons. The number of carbonyl (C=O) groups excluding carboxylic acids is 1. The Morgan fingerprint density at radius 2 is 1.93 bits per heavy atom. The molecule has 2 N–H and O–H groups in total. The third kappa shape index (κ3) is 6.32. The topological polar surface area (TPSA) is 104 Å². The average molecular weight is 397 g/mol. The molecule has 1 aliphatic rings. The van der Waals surface area contributed by atoms with Crippen molar-refractivity contribution < 1.29 is 23.1 Å². The highest BCUT2D eigenvalue weighted by molar-refractivity contribution is 7.89. The van der Waals surface area contributed by atoms with Gasteiger partial charge in [0, 0.05) is 31.6 Å². The summed E-state index contributed by atoms with van der Waals surface area (Å²) in [6.45, 7) is 5.38. The second-order valence-corrected chi connectivity index (χ2v) is 9.23. The number of hydrogen-bond donors (Lipinski definition) is 2. The number of nitrogens with one attached hydrogen (secondary N) is 1. The van der Waals surface area contributed by atoms with E-state index in [2.05, 4.69) is 4.72 Å². The van der Waals surface area contributed by atoms with Gasteiger partial charge >= 0.3 is 5.97 Å². The van der Waals surface area contributed by atoms with Crippen molar-refractivity contribution in [3.05, 3.63) is 29.8 Å². The van der Waals surface area contributed by atoms with E-state index in [4.69, 9.17) is 5.11 Å². The summed E-state index contributed by atoms with van der Waals surface area (Å²) >= 11 is 0. The number of sulfonamides is 1. The number of benzene rings is 1. The van der Waals surface area contributed by atoms with E-state index in [0.29, 0.717) is 31.6 Å². The van der Waals surface area contributed by atoms with Crippen molar-refractivity contribution in [1.82, 2.24) is 9.62 Å². The molecule has 8 heteroatoms. The SMILES string of the molecule is CC(C)CNS(=O)(=O)c1ccc(C(=O)N2CCCC(CCC(=O)O)C2)cc1. The predicted octanol–water partition coefficient (Wildman–Crippen LogP) is 2.34. The zero-order valence-corrected chi connectivity index (χ0v) is 16.7. The molecule has 1 saturated heterocycles. The van der Waals surface area contributed by atoms with Crippen LogP contribution in [0.5, 0.6) is 0 Å². The van der Waals surface area contributed by atoms with Gasteiger partial charge in [-0.1, -0.05) is 13.8 Å². The minimum Gasteiger partial charge on any atom is -0.481 e. The minimum absolute atomic E-state index is 0.114. The van der Waals surface area contributed by atoms with Crippen LogP contribution in [0.25, 0.3) is 0 Å². The Hall–Kier alpha value is -1.93. The van der Waals surface area contributed by atoms with E-state index in [0.717, 1.165) is 12.8 Å². The number of carbonyl (C=O) groups is 2. The van der Waals surface area contributed by atoms with Crippen molar-refractivity contribution in [1.29, 1.82) is 0 Å². The summed E-state index contributed by atoms with van der Waals surface area (Å²) in [5, 5.41) is 8.82. The number of nitrogens with zero attached hydrogens (tertiary/aromatic N) is 1. The van der Waals surface area contributed by atoms with Gasteiger partial charge < -0.3 is 10.0 Å². The van der Waals surface area contributed by atoms with Crippen LogP contribution in [-0.2, 0) is 14.8 Å². The van der Waals surface area contributed by atoms with E-state index in [9.17, 15) is 18.0 Å². The van der Waals surface area contributed by atoms with Gasteiger partial charge in [-0.05, 0) is 55.4 Å². The van der Waals surface area contributed by atoms with E-state index < -0.39 is 16.0 Å². The standard InChI is InChI=1S/C19H28N2O5S/c1-14(2)12-20-27(25,26)17-8-6-16(7-9-17)19(24)21-11-3-4-15(13-21)5-10-18(22)23/h6-9,14-15,20H,3-5,10-13H2,1-2H3,(H,22,23). The maximum Gasteiger partial charge on any atom is 0.303 e. The number of rotatable bonds is 8. The fourth-order valence-electron chi connectivity index (χ4n) is 3.13. The lowest BCUT2D eigenvalue weighted by Gasteiger charge is -2.32. The van der Waals surface area contributed by atoms with Gasteiger partial charge in [-0.3, -0.25) is 9.59 Å². The molecular weight excluding hydrogens is 368 g/mol. The highest BCUT2D eigenvalue weighted by Gasteiger charge is 2.25. The van der Waals surface area contributed by atoms with Crippen LogP contribution in [-0.4, -0.2) is 49.9 Å². The molecule has 1 unspecified atom stereocenters. The fraction of sp³-hybridized carbons (Fsp3) is 0.579. The van der Waals surface area contributed by atoms with Gasteiger partial charge in [-0.2, -0.15) is 0 Å². The van der Waals surface area contributed by atoms with Crippen molar-refractivity contribution in [3.8, 4) is 0 Å². The Kier molecular flexibility index (Phi) is 7.38. The van der Waals surface area contributed by atoms with Crippen molar-refractivity contribution in [2.45, 2.75) is 44.4 Å². The lowest BCUT2D eigenvalue weighted by Crippen LogP contribution is -2.40. The summed E-state index contributed by atoms with van der Waals surface area (Å²) in [6.07, 6.45) is 2.46. The van der Waals surface area contributed by atoms with Crippen molar-refractivity contribution in [3.63, 3.8) is 0 Å². The van der Waals surface area contributed by atoms with Crippen molar-refractivity contribution in [2.24, 2.45) is 11.8 Å². The van der Waals surface area contributed by atoms with Gasteiger partial charge in [0.05, 0.1) is 4.90 Å². The Bertz CT molecular complexity index is 759. The Morgan fingerprint density at radius 1 is 1.26 bits per heavy atom. The van der Waals surface area contributed by atoms with Gasteiger partial charge in [0.2, 0.25) is 10.0 Å². The summed E-state index contributed by atoms with van der Waals surface area (Å²) < 4.78 is 27.0. The second kappa shape index (κ2) is 9.32. The molecule has 1 fully saturated rings. The van der Waals surface area contributed by atoms with Gasteiger partial charge in [0.25, 0.3) is 5.91 Å². The maximum atomic E-state index is 12.7. The van der Waals surface area contributed by atoms with Crippen LogP contribution < -0.4 is 4.72 Å². The Morgan fingerprint density at radius 3 is 2.52 bits per heavy atom. The average Bonchev–Trinajstić information content (AvgIpc) is 2.64. The zero-order valence-electron chi connectivity index (χ0n) is 15.8. The summed E-state index contributed by atoms with van der Waals surface area (Å²) in [7, 11) is -3.58. The van der Waals surface area contributed by atoms with E-state index in [-0.39, 0.29) is 29.1 Å². The number of aliphatic carboxylic acids is 1. The molecule has 2 rings (SSSR count). The molecule has 0 aliphatic carbocycles. The van der Waals surface area contributed by atoms with Gasteiger partial charge in [0.1, 0.15) is 0 Å². The number of carboxylic acid groups (broad SMARTS) is 1. The van der Waals surface area contributed by atoms with E-state index in [1.807, 2.05) is 13.8 Å². The molecule has 1 amide bonds. The zero-order chi connectivity index (χ0) is 20.0. The summed E-state index contributed by atoms with van der Waals surface area (Å²) in [5.41, 5.74) is 0.441. The molecular formula is C19H28N2O5S. The normalized spacial score (nSPS) is 17.9. The molecule has 1 aliphatic heterocycles. The number of piperidine rings is 1. The summed E-state index contributed by atoms with van der Waals surface area (Å²) in [6, 6.07) is 5.96. The maximum absolute atomic E-state index is 12.7. The van der Waals surface area contributed by atoms with Crippen LogP contribution in [0.3, 0.4) is 0 Å². The molecule has 0 aromatic heterocycles. The Balaban J connectivity index is 2.01. The molecule has 150 valence electrons. The number of likely N-dealkylation sites (tertiary alicyclic amines) is 1. The van der Waals surface area contributed by atoms with Gasteiger partial charge in [-0.15, -0.1) is 0 Å². The van der Waals surface area contributed by atoms with Gasteiger partial charge in [0.15, 0.2) is 0 Å². The number of amides is 1. The molecule has 27 heavy (non-hydrogen) atoms. The van der Waals surface area contributed by atoms with E-state index in [1.54, 1.807) is 4.90 Å². The van der Waals surface area contributed by atoms with Crippen LogP contribution >= 0.6 is 0 Å². The first-order valence-corrected chi connectivity index (χ1v) is 10.8. The first-order valence-electron chi connectivity index (χ1n) is 9.30. The minimum atomic E-state index is -3.58. The van der Waals surface area contributed by atoms with E-state index in [1.165, 1.54) is 24.3 Å². The molecule has 1 aromatic carbocycles. The monoisotopic (exact) mass is 396 g/mol. The second-order valence-electron chi connectivity index (χ2n) is 7.46. The van der Waals surface area contributed by atoms with Crippen molar-refractivity contribution >= 4 is 21.9 Å². The highest BCUT2D eigenvalue weighted by Crippen LogP contribution is 2.23. The first-order chi connectivity index (χ1) is 12.7. The summed E-state index contributed by atoms with van der Waals surface area (Å²) in [4.78, 5) is 25.3. The number of hydrogen-bond acceptors (Lipinski definition) is 4. The van der Waals surface area contributed by atoms with E-state index >= 15 is 0 Å². The summed E-state index contributed by atoms with van der Waals surface area (Å²) in [5.74, 6) is -0.567. The lowest BCUT2D eigenvalue weighted by molar-refractivity contribution is -0.137.